The van der Waals surface area contributed by atoms with E-state index in [0.717, 1.165) is 16.9 Å². The molecule has 2 aromatic heterocycles. The molecule has 0 saturated heterocycles. The Morgan fingerprint density at radius 2 is 1.81 bits per heavy atom. The Morgan fingerprint density at radius 1 is 1.15 bits per heavy atom. The number of amides is 1. The van der Waals surface area contributed by atoms with E-state index in [1.165, 1.54) is 12.1 Å². The van der Waals surface area contributed by atoms with E-state index in [9.17, 15) is 18.0 Å². The number of anilines is 1. The van der Waals surface area contributed by atoms with E-state index >= 15 is 0 Å². The van der Waals surface area contributed by atoms with E-state index in [0.29, 0.717) is 5.69 Å². The number of benzene rings is 1. The molecular formula is C16H15F3N6O2. The van der Waals surface area contributed by atoms with Gasteiger partial charge in [0.1, 0.15) is 0 Å². The highest BCUT2D eigenvalue weighted by Gasteiger charge is 2.30. The predicted molar refractivity (Wildman–Crippen MR) is 87.3 cm³/mol. The number of hydrogen-bond acceptors (Lipinski definition) is 6. The third-order valence-electron chi connectivity index (χ3n) is 3.56. The highest BCUT2D eigenvalue weighted by molar-refractivity contribution is 6.00. The van der Waals surface area contributed by atoms with Gasteiger partial charge in [0.25, 0.3) is 11.7 Å². The van der Waals surface area contributed by atoms with Crippen molar-refractivity contribution in [3.63, 3.8) is 0 Å². The molecule has 0 fully saturated rings. The largest absolute Gasteiger partial charge is 0.416 e. The second kappa shape index (κ2) is 6.49. The number of nitrogens with zero attached hydrogens (tertiary/aromatic N) is 5. The molecule has 1 N–H and O–H groups in total. The second-order valence-electron chi connectivity index (χ2n) is 6.73. The van der Waals surface area contributed by atoms with Crippen LogP contribution in [0.15, 0.2) is 34.9 Å². The normalized spacial score (nSPS) is 12.2. The maximum atomic E-state index is 12.6. The number of carbonyl (C=O) groups is 1. The second-order valence-corrected chi connectivity index (χ2v) is 6.73. The molecular weight excluding hydrogens is 365 g/mol. The van der Waals surface area contributed by atoms with Gasteiger partial charge < -0.3 is 4.52 Å². The number of tetrazole rings is 1. The van der Waals surface area contributed by atoms with E-state index in [1.54, 1.807) is 6.07 Å². The molecule has 27 heavy (non-hydrogen) atoms. The van der Waals surface area contributed by atoms with Crippen LogP contribution in [-0.4, -0.2) is 31.3 Å². The maximum Gasteiger partial charge on any atom is 0.416 e. The Balaban J connectivity index is 1.73. The monoisotopic (exact) mass is 380 g/mol. The number of hydrogen-bond donors (Lipinski definition) is 1. The molecule has 142 valence electrons. The van der Waals surface area contributed by atoms with Gasteiger partial charge in [0.15, 0.2) is 0 Å². The van der Waals surface area contributed by atoms with Crippen molar-refractivity contribution in [2.45, 2.75) is 32.4 Å². The minimum Gasteiger partial charge on any atom is -0.338 e. The van der Waals surface area contributed by atoms with Gasteiger partial charge in [-0.25, -0.2) is 0 Å². The number of aromatic nitrogens is 5. The van der Waals surface area contributed by atoms with Crippen molar-refractivity contribution in [2.75, 3.05) is 5.32 Å². The molecule has 0 aliphatic carbocycles. The van der Waals surface area contributed by atoms with E-state index in [4.69, 9.17) is 4.52 Å². The van der Waals surface area contributed by atoms with Crippen LogP contribution < -0.4 is 5.32 Å². The highest BCUT2D eigenvalue weighted by Crippen LogP contribution is 2.29. The fourth-order valence-electron chi connectivity index (χ4n) is 2.05. The minimum absolute atomic E-state index is 0.121. The molecule has 0 spiro atoms. The van der Waals surface area contributed by atoms with Crippen LogP contribution in [0.2, 0.25) is 0 Å². The van der Waals surface area contributed by atoms with E-state index in [1.807, 2.05) is 20.8 Å². The summed E-state index contributed by atoms with van der Waals surface area (Å²) in [5.41, 5.74) is -0.177. The lowest BCUT2D eigenvalue weighted by atomic mass is 9.92. The Labute approximate surface area is 151 Å². The van der Waals surface area contributed by atoms with Crippen LogP contribution in [0.5, 0.6) is 0 Å². The first-order valence-corrected chi connectivity index (χ1v) is 7.80. The zero-order valence-corrected chi connectivity index (χ0v) is 14.6. The van der Waals surface area contributed by atoms with E-state index in [2.05, 4.69) is 25.9 Å². The molecule has 0 saturated carbocycles. The van der Waals surface area contributed by atoms with Gasteiger partial charge in [-0.3, -0.25) is 10.1 Å². The van der Waals surface area contributed by atoms with Crippen molar-refractivity contribution in [1.82, 2.24) is 25.4 Å². The average molecular weight is 380 g/mol. The number of nitrogens with one attached hydrogen (secondary N) is 1. The van der Waals surface area contributed by atoms with E-state index < -0.39 is 17.6 Å². The molecule has 3 aromatic rings. The minimum atomic E-state index is -4.44. The molecule has 0 aliphatic rings. The number of carbonyl (C=O) groups excluding carboxylic acids is 1. The summed E-state index contributed by atoms with van der Waals surface area (Å²) in [6, 6.07) is 5.72. The van der Waals surface area contributed by atoms with Gasteiger partial charge in [-0.15, -0.1) is 15.0 Å². The third kappa shape index (κ3) is 4.13. The first-order chi connectivity index (χ1) is 12.5. The topological polar surface area (TPSA) is 98.7 Å². The van der Waals surface area contributed by atoms with Crippen molar-refractivity contribution in [3.8, 4) is 5.69 Å². The molecule has 0 aliphatic heterocycles. The van der Waals surface area contributed by atoms with Crippen molar-refractivity contribution in [2.24, 2.45) is 0 Å². The Kier molecular flexibility index (Phi) is 4.46. The third-order valence-corrected chi connectivity index (χ3v) is 3.56. The van der Waals surface area contributed by atoms with Gasteiger partial charge >= 0.3 is 6.18 Å². The van der Waals surface area contributed by atoms with Crippen LogP contribution in [0.4, 0.5) is 19.1 Å². The molecule has 8 nitrogen and oxygen atoms in total. The van der Waals surface area contributed by atoms with Gasteiger partial charge in [0.2, 0.25) is 5.88 Å². The number of halogens is 3. The fraction of sp³-hybridized carbons (Fsp3) is 0.312. The van der Waals surface area contributed by atoms with Crippen molar-refractivity contribution in [3.05, 3.63) is 47.4 Å². The van der Waals surface area contributed by atoms with Gasteiger partial charge in [-0.2, -0.15) is 13.2 Å². The molecule has 0 atom stereocenters. The molecule has 11 heteroatoms. The van der Waals surface area contributed by atoms with Crippen molar-refractivity contribution in [1.29, 1.82) is 0 Å². The zero-order chi connectivity index (χ0) is 19.8. The summed E-state index contributed by atoms with van der Waals surface area (Å²) in [4.78, 5) is 13.1. The summed E-state index contributed by atoms with van der Waals surface area (Å²) in [5.74, 6) is -0.843. The summed E-state index contributed by atoms with van der Waals surface area (Å²) < 4.78 is 42.8. The van der Waals surface area contributed by atoms with Gasteiger partial charge in [0, 0.05) is 11.5 Å². The Hall–Kier alpha value is -3.24. The average Bonchev–Trinajstić information content (AvgIpc) is 3.23. The molecule has 0 unspecified atom stereocenters. The first kappa shape index (κ1) is 18.5. The van der Waals surface area contributed by atoms with Crippen LogP contribution in [0.1, 0.15) is 42.6 Å². The molecule has 3 rings (SSSR count). The molecule has 0 radical (unpaired) electrons. The number of alkyl halides is 3. The smallest absolute Gasteiger partial charge is 0.338 e. The summed E-state index contributed by atoms with van der Waals surface area (Å²) in [5, 5.41) is 17.5. The SMILES string of the molecule is CC(C)(C)c1cc(NC(=O)c2nnn(-c3ccc(C(F)(F)F)cc3)n2)on1. The van der Waals surface area contributed by atoms with Crippen LogP contribution in [-0.2, 0) is 11.6 Å². The van der Waals surface area contributed by atoms with Crippen LogP contribution in [0, 0.1) is 0 Å². The fourth-order valence-corrected chi connectivity index (χ4v) is 2.05. The van der Waals surface area contributed by atoms with Crippen LogP contribution in [0.3, 0.4) is 0 Å². The lowest BCUT2D eigenvalue weighted by Crippen LogP contribution is -2.14. The Bertz CT molecular complexity index is 954. The lowest BCUT2D eigenvalue weighted by molar-refractivity contribution is -0.137. The zero-order valence-electron chi connectivity index (χ0n) is 14.6. The van der Waals surface area contributed by atoms with Gasteiger partial charge in [0.05, 0.1) is 16.9 Å². The van der Waals surface area contributed by atoms with Gasteiger partial charge in [-0.1, -0.05) is 25.9 Å². The molecule has 1 aromatic carbocycles. The summed E-state index contributed by atoms with van der Waals surface area (Å²) in [6.07, 6.45) is -4.44. The van der Waals surface area contributed by atoms with Crippen molar-refractivity contribution < 1.29 is 22.5 Å². The number of rotatable bonds is 3. The van der Waals surface area contributed by atoms with E-state index in [-0.39, 0.29) is 22.8 Å². The maximum absolute atomic E-state index is 12.6. The quantitative estimate of drug-likeness (QED) is 0.749. The molecule has 0 bridgehead atoms. The summed E-state index contributed by atoms with van der Waals surface area (Å²) in [7, 11) is 0. The molecule has 2 heterocycles. The standard InChI is InChI=1S/C16H15F3N6O2/c1-15(2,3)11-8-12(27-23-11)20-14(26)13-21-24-25(22-13)10-6-4-9(5-7-10)16(17,18)19/h4-8H,1-3H3,(H,20,26). The highest BCUT2D eigenvalue weighted by atomic mass is 19.4. The summed E-state index contributed by atoms with van der Waals surface area (Å²) in [6.45, 7) is 5.81. The summed E-state index contributed by atoms with van der Waals surface area (Å²) >= 11 is 0. The predicted octanol–water partition coefficient (Wildman–Crippen LogP) is 3.22. The lowest BCUT2D eigenvalue weighted by Gasteiger charge is -2.12. The molecule has 1 amide bonds. The first-order valence-electron chi connectivity index (χ1n) is 7.80. The van der Waals surface area contributed by atoms with Crippen LogP contribution in [0.25, 0.3) is 5.69 Å². The van der Waals surface area contributed by atoms with Crippen LogP contribution >= 0.6 is 0 Å². The van der Waals surface area contributed by atoms with Crippen molar-refractivity contribution >= 4 is 11.8 Å². The van der Waals surface area contributed by atoms with Gasteiger partial charge in [-0.05, 0) is 29.5 Å². The Morgan fingerprint density at radius 3 is 2.37 bits per heavy atom.